The number of fused-ring (bicyclic) bond motifs is 1. The van der Waals surface area contributed by atoms with Gasteiger partial charge in [-0.15, -0.1) is 0 Å². The fraction of sp³-hybridized carbons (Fsp3) is 0.250. The van der Waals surface area contributed by atoms with Gasteiger partial charge in [-0.2, -0.15) is 0 Å². The molecular formula is C28H30N2. The molecule has 0 N–H and O–H groups in total. The van der Waals surface area contributed by atoms with Crippen molar-refractivity contribution in [2.24, 2.45) is 0 Å². The van der Waals surface area contributed by atoms with Crippen molar-refractivity contribution < 1.29 is 0 Å². The molecule has 0 amide bonds. The van der Waals surface area contributed by atoms with E-state index in [2.05, 4.69) is 101 Å². The number of imidazole rings is 1. The van der Waals surface area contributed by atoms with E-state index in [0.29, 0.717) is 5.92 Å². The quantitative estimate of drug-likeness (QED) is 0.439. The third kappa shape index (κ3) is 2.99. The number of hydrogen-bond acceptors (Lipinski definition) is 1. The number of allylic oxidation sites excluding steroid dienone is 5. The van der Waals surface area contributed by atoms with E-state index in [1.54, 1.807) is 0 Å². The van der Waals surface area contributed by atoms with Crippen LogP contribution in [0.1, 0.15) is 57.2 Å². The topological polar surface area (TPSA) is 17.8 Å². The van der Waals surface area contributed by atoms with Crippen LogP contribution in [-0.2, 0) is 5.41 Å². The summed E-state index contributed by atoms with van der Waals surface area (Å²) in [5.41, 5.74) is 8.75. The summed E-state index contributed by atoms with van der Waals surface area (Å²) in [6, 6.07) is 15.0. The smallest absolute Gasteiger partial charge is 0.144 e. The van der Waals surface area contributed by atoms with Crippen molar-refractivity contribution in [3.63, 3.8) is 0 Å². The van der Waals surface area contributed by atoms with E-state index in [-0.39, 0.29) is 5.41 Å². The lowest BCUT2D eigenvalue weighted by molar-refractivity contribution is 0.645. The van der Waals surface area contributed by atoms with Gasteiger partial charge in [0, 0.05) is 23.4 Å². The van der Waals surface area contributed by atoms with E-state index in [0.717, 1.165) is 11.4 Å². The van der Waals surface area contributed by atoms with E-state index in [1.807, 2.05) is 18.3 Å². The SMILES string of the molecule is C=CC1=C(/C=C\C)c2ccc(C(C)C)c(-n3ccnc3-c3ccccc3)c2C1(C)C. The van der Waals surface area contributed by atoms with Crippen LogP contribution in [0.25, 0.3) is 22.6 Å². The molecule has 1 heterocycles. The molecule has 2 aromatic carbocycles. The van der Waals surface area contributed by atoms with Gasteiger partial charge in [-0.1, -0.05) is 95.0 Å². The van der Waals surface area contributed by atoms with E-state index >= 15 is 0 Å². The van der Waals surface area contributed by atoms with Gasteiger partial charge in [0.2, 0.25) is 0 Å². The molecule has 0 radical (unpaired) electrons. The Kier molecular flexibility index (Phi) is 5.11. The number of benzene rings is 2. The van der Waals surface area contributed by atoms with Crippen LogP contribution in [0.4, 0.5) is 0 Å². The summed E-state index contributed by atoms with van der Waals surface area (Å²) in [7, 11) is 0. The zero-order chi connectivity index (χ0) is 21.5. The molecule has 1 aromatic heterocycles. The molecule has 2 heteroatoms. The fourth-order valence-corrected chi connectivity index (χ4v) is 4.80. The lowest BCUT2D eigenvalue weighted by Gasteiger charge is -2.29. The summed E-state index contributed by atoms with van der Waals surface area (Å²) in [6.07, 6.45) is 10.4. The predicted octanol–water partition coefficient (Wildman–Crippen LogP) is 7.47. The molecule has 0 saturated carbocycles. The Bertz CT molecular complexity index is 1150. The molecule has 0 fully saturated rings. The van der Waals surface area contributed by atoms with Crippen LogP contribution in [0.5, 0.6) is 0 Å². The summed E-state index contributed by atoms with van der Waals surface area (Å²) in [6.45, 7) is 15.4. The van der Waals surface area contributed by atoms with Gasteiger partial charge in [0.1, 0.15) is 5.82 Å². The van der Waals surface area contributed by atoms with Crippen molar-refractivity contribution >= 4 is 5.57 Å². The second kappa shape index (κ2) is 7.60. The van der Waals surface area contributed by atoms with Crippen LogP contribution in [-0.4, -0.2) is 9.55 Å². The Morgan fingerprint density at radius 2 is 1.80 bits per heavy atom. The van der Waals surface area contributed by atoms with Crippen LogP contribution in [0.3, 0.4) is 0 Å². The molecule has 0 bridgehead atoms. The Balaban J connectivity index is 2.08. The second-order valence-electron chi connectivity index (χ2n) is 8.72. The standard InChI is InChI=1S/C28H30N2/c1-7-12-22-23-16-15-21(19(3)4)26(25(23)28(5,6)24(22)8-2)30-18-17-29-27(30)20-13-10-9-11-14-20/h7-19H,2H2,1,3-6H3/b12-7-. The van der Waals surface area contributed by atoms with E-state index in [9.17, 15) is 0 Å². The van der Waals surface area contributed by atoms with Gasteiger partial charge in [-0.3, -0.25) is 4.57 Å². The molecule has 30 heavy (non-hydrogen) atoms. The zero-order valence-electron chi connectivity index (χ0n) is 18.6. The van der Waals surface area contributed by atoms with Crippen molar-refractivity contribution in [3.05, 3.63) is 102 Å². The van der Waals surface area contributed by atoms with Crippen LogP contribution < -0.4 is 0 Å². The van der Waals surface area contributed by atoms with Crippen LogP contribution >= 0.6 is 0 Å². The van der Waals surface area contributed by atoms with Gasteiger partial charge in [-0.25, -0.2) is 4.98 Å². The van der Waals surface area contributed by atoms with Gasteiger partial charge >= 0.3 is 0 Å². The molecule has 0 aliphatic heterocycles. The minimum absolute atomic E-state index is 0.148. The molecule has 152 valence electrons. The molecule has 0 saturated heterocycles. The number of nitrogens with zero attached hydrogens (tertiary/aromatic N) is 2. The van der Waals surface area contributed by atoms with Crippen molar-refractivity contribution in [1.82, 2.24) is 9.55 Å². The zero-order valence-corrected chi connectivity index (χ0v) is 18.6. The largest absolute Gasteiger partial charge is 0.299 e. The first-order valence-electron chi connectivity index (χ1n) is 10.7. The van der Waals surface area contributed by atoms with Gasteiger partial charge < -0.3 is 0 Å². The molecule has 0 atom stereocenters. The highest BCUT2D eigenvalue weighted by atomic mass is 15.1. The highest BCUT2D eigenvalue weighted by molar-refractivity contribution is 5.90. The molecule has 0 spiro atoms. The maximum Gasteiger partial charge on any atom is 0.144 e. The van der Waals surface area contributed by atoms with Crippen LogP contribution in [0, 0.1) is 0 Å². The highest BCUT2D eigenvalue weighted by Gasteiger charge is 2.39. The summed E-state index contributed by atoms with van der Waals surface area (Å²) in [4.78, 5) is 4.75. The Hall–Kier alpha value is -3.13. The minimum Gasteiger partial charge on any atom is -0.299 e. The third-order valence-corrected chi connectivity index (χ3v) is 6.16. The molecule has 2 nitrogen and oxygen atoms in total. The van der Waals surface area contributed by atoms with E-state index in [4.69, 9.17) is 4.98 Å². The Labute approximate surface area is 180 Å². The first-order chi connectivity index (χ1) is 14.4. The highest BCUT2D eigenvalue weighted by Crippen LogP contribution is 2.51. The van der Waals surface area contributed by atoms with Crippen LogP contribution in [0.2, 0.25) is 0 Å². The summed E-state index contributed by atoms with van der Waals surface area (Å²) in [5, 5.41) is 0. The first kappa shape index (κ1) is 20.2. The molecule has 1 aliphatic carbocycles. The van der Waals surface area contributed by atoms with E-state index < -0.39 is 0 Å². The lowest BCUT2D eigenvalue weighted by atomic mass is 9.78. The number of rotatable bonds is 5. The summed E-state index contributed by atoms with van der Waals surface area (Å²) in [5.74, 6) is 1.37. The summed E-state index contributed by atoms with van der Waals surface area (Å²) < 4.78 is 2.28. The lowest BCUT2D eigenvalue weighted by Crippen LogP contribution is -2.20. The Morgan fingerprint density at radius 3 is 2.43 bits per heavy atom. The predicted molar refractivity (Wildman–Crippen MR) is 128 cm³/mol. The van der Waals surface area contributed by atoms with Gasteiger partial charge in [-0.05, 0) is 40.7 Å². The monoisotopic (exact) mass is 394 g/mol. The molecule has 3 aromatic rings. The third-order valence-electron chi connectivity index (χ3n) is 6.16. The van der Waals surface area contributed by atoms with E-state index in [1.165, 1.54) is 33.5 Å². The fourth-order valence-electron chi connectivity index (χ4n) is 4.80. The number of aromatic nitrogens is 2. The minimum atomic E-state index is -0.148. The second-order valence-corrected chi connectivity index (χ2v) is 8.72. The number of hydrogen-bond donors (Lipinski definition) is 0. The van der Waals surface area contributed by atoms with Gasteiger partial charge in [0.15, 0.2) is 0 Å². The normalized spacial score (nSPS) is 15.3. The molecule has 4 rings (SSSR count). The molecular weight excluding hydrogens is 364 g/mol. The molecule has 1 aliphatic rings. The van der Waals surface area contributed by atoms with Crippen LogP contribution in [0.15, 0.2) is 85.2 Å². The average molecular weight is 395 g/mol. The molecule has 0 unspecified atom stereocenters. The Morgan fingerprint density at radius 1 is 1.07 bits per heavy atom. The van der Waals surface area contributed by atoms with Crippen molar-refractivity contribution in [2.75, 3.05) is 0 Å². The maximum atomic E-state index is 4.75. The maximum absolute atomic E-state index is 4.75. The van der Waals surface area contributed by atoms with Crippen molar-refractivity contribution in [1.29, 1.82) is 0 Å². The van der Waals surface area contributed by atoms with Crippen molar-refractivity contribution in [3.8, 4) is 17.1 Å². The van der Waals surface area contributed by atoms with Gasteiger partial charge in [0.25, 0.3) is 0 Å². The van der Waals surface area contributed by atoms with Gasteiger partial charge in [0.05, 0.1) is 5.69 Å². The average Bonchev–Trinajstić information content (AvgIpc) is 3.29. The van der Waals surface area contributed by atoms with Crippen molar-refractivity contribution in [2.45, 2.75) is 46.0 Å². The summed E-state index contributed by atoms with van der Waals surface area (Å²) >= 11 is 0. The first-order valence-corrected chi connectivity index (χ1v) is 10.7.